The lowest BCUT2D eigenvalue weighted by Gasteiger charge is -2.12. The van der Waals surface area contributed by atoms with Crippen molar-refractivity contribution in [3.8, 4) is 0 Å². The van der Waals surface area contributed by atoms with E-state index in [0.29, 0.717) is 5.52 Å². The molecular formula is C23H16FN3S. The third-order valence-corrected chi connectivity index (χ3v) is 6.65. The van der Waals surface area contributed by atoms with Crippen LogP contribution < -0.4 is 0 Å². The third kappa shape index (κ3) is 1.92. The first-order valence-corrected chi connectivity index (χ1v) is 10.0. The molecule has 0 amide bonds. The van der Waals surface area contributed by atoms with Crippen molar-refractivity contribution in [2.24, 2.45) is 0 Å². The van der Waals surface area contributed by atoms with Crippen molar-refractivity contribution in [3.05, 3.63) is 64.7 Å². The van der Waals surface area contributed by atoms with E-state index in [9.17, 15) is 4.39 Å². The molecule has 0 atom stereocenters. The molecule has 6 aromatic rings. The zero-order chi connectivity index (χ0) is 19.2. The fourth-order valence-corrected chi connectivity index (χ4v) is 5.04. The van der Waals surface area contributed by atoms with Gasteiger partial charge in [-0.15, -0.1) is 0 Å². The summed E-state index contributed by atoms with van der Waals surface area (Å²) in [5.74, 6) is 0. The van der Waals surface area contributed by atoms with Gasteiger partial charge in [-0.2, -0.15) is 4.39 Å². The third-order valence-electron chi connectivity index (χ3n) is 5.84. The van der Waals surface area contributed by atoms with E-state index in [-0.39, 0.29) is 0 Å². The van der Waals surface area contributed by atoms with E-state index in [4.69, 9.17) is 4.98 Å². The van der Waals surface area contributed by atoms with Crippen molar-refractivity contribution >= 4 is 59.6 Å². The van der Waals surface area contributed by atoms with Crippen LogP contribution in [0.15, 0.2) is 42.5 Å². The summed E-state index contributed by atoms with van der Waals surface area (Å²) in [6.07, 6.45) is 0. The van der Waals surface area contributed by atoms with Crippen LogP contribution in [0.25, 0.3) is 48.3 Å². The number of thiazole rings is 1. The average Bonchev–Trinajstić information content (AvgIpc) is 3.20. The summed E-state index contributed by atoms with van der Waals surface area (Å²) in [7, 11) is 0. The Labute approximate surface area is 164 Å². The number of pyridine rings is 1. The van der Waals surface area contributed by atoms with Crippen molar-refractivity contribution in [1.82, 2.24) is 14.4 Å². The molecular weight excluding hydrogens is 369 g/mol. The number of hydrogen-bond donors (Lipinski definition) is 0. The number of imidazole rings is 1. The first kappa shape index (κ1) is 16.0. The number of aryl methyl sites for hydroxylation is 3. The van der Waals surface area contributed by atoms with Crippen LogP contribution in [0.3, 0.4) is 0 Å². The summed E-state index contributed by atoms with van der Waals surface area (Å²) < 4.78 is 17.0. The second-order valence-corrected chi connectivity index (χ2v) is 8.39. The van der Waals surface area contributed by atoms with Gasteiger partial charge in [0.25, 0.3) is 5.26 Å². The van der Waals surface area contributed by atoms with Gasteiger partial charge in [-0.1, -0.05) is 35.6 Å². The van der Waals surface area contributed by atoms with E-state index in [0.717, 1.165) is 54.7 Å². The minimum Gasteiger partial charge on any atom is -0.294 e. The van der Waals surface area contributed by atoms with Gasteiger partial charge in [0.1, 0.15) is 11.2 Å². The predicted octanol–water partition coefficient (Wildman–Crippen LogP) is 6.47. The second-order valence-electron chi connectivity index (χ2n) is 7.41. The molecule has 3 nitrogen and oxygen atoms in total. The highest BCUT2D eigenvalue weighted by Crippen LogP contribution is 2.38. The molecule has 0 radical (unpaired) electrons. The maximum Gasteiger partial charge on any atom is 0.270 e. The normalized spacial score (nSPS) is 12.3. The van der Waals surface area contributed by atoms with Gasteiger partial charge in [0.05, 0.1) is 15.9 Å². The highest BCUT2D eigenvalue weighted by atomic mass is 32.1. The quantitative estimate of drug-likeness (QED) is 0.222. The lowest BCUT2D eigenvalue weighted by Crippen LogP contribution is -1.95. The number of hydrogen-bond acceptors (Lipinski definition) is 3. The van der Waals surface area contributed by atoms with E-state index < -0.39 is 5.26 Å². The largest absolute Gasteiger partial charge is 0.294 e. The van der Waals surface area contributed by atoms with E-state index in [2.05, 4.69) is 59.6 Å². The van der Waals surface area contributed by atoms with Gasteiger partial charge < -0.3 is 0 Å². The molecule has 136 valence electrons. The Morgan fingerprint density at radius 1 is 0.893 bits per heavy atom. The number of fused-ring (bicyclic) bond motifs is 9. The first-order chi connectivity index (χ1) is 13.5. The van der Waals surface area contributed by atoms with Crippen molar-refractivity contribution in [2.75, 3.05) is 0 Å². The molecule has 3 heterocycles. The van der Waals surface area contributed by atoms with Gasteiger partial charge >= 0.3 is 0 Å². The Hall–Kier alpha value is -3.05. The molecule has 0 saturated heterocycles. The summed E-state index contributed by atoms with van der Waals surface area (Å²) in [5, 5.41) is 5.34. The highest BCUT2D eigenvalue weighted by molar-refractivity contribution is 7.17. The fraction of sp³-hybridized carbons (Fsp3) is 0.130. The maximum absolute atomic E-state index is 14.0. The molecule has 3 aromatic carbocycles. The molecule has 3 aromatic heterocycles. The number of aromatic nitrogens is 3. The number of rotatable bonds is 0. The summed E-state index contributed by atoms with van der Waals surface area (Å²) >= 11 is 1.09. The maximum atomic E-state index is 14.0. The Morgan fingerprint density at radius 2 is 1.75 bits per heavy atom. The first-order valence-electron chi connectivity index (χ1n) is 9.22. The van der Waals surface area contributed by atoms with Crippen LogP contribution in [0, 0.1) is 26.0 Å². The van der Waals surface area contributed by atoms with Crippen LogP contribution in [0.1, 0.15) is 17.0 Å². The number of nitrogens with zero attached hydrogens (tertiary/aromatic N) is 3. The van der Waals surface area contributed by atoms with Crippen molar-refractivity contribution in [1.29, 1.82) is 0 Å². The topological polar surface area (TPSA) is 30.2 Å². The molecule has 6 rings (SSSR count). The standard InChI is InChI=1S/C23H16FN3S/c1-11-5-4-6-14-9-18-17(10-16(11)14)15-7-8-19-20(26-23(24)28-19)21(15)27-13(3)12(2)25-22(18)27/h4-10H,1-3H3. The molecule has 0 unspecified atom stereocenters. The lowest BCUT2D eigenvalue weighted by atomic mass is 9.98. The summed E-state index contributed by atoms with van der Waals surface area (Å²) in [5.41, 5.74) is 5.83. The molecule has 0 N–H and O–H groups in total. The fourth-order valence-electron chi connectivity index (χ4n) is 4.35. The second kappa shape index (κ2) is 5.26. The number of halogens is 1. The van der Waals surface area contributed by atoms with Crippen molar-refractivity contribution < 1.29 is 4.39 Å². The van der Waals surface area contributed by atoms with E-state index in [1.807, 2.05) is 13.0 Å². The minimum atomic E-state index is -0.403. The molecule has 0 fully saturated rings. The zero-order valence-electron chi connectivity index (χ0n) is 15.7. The highest BCUT2D eigenvalue weighted by Gasteiger charge is 2.18. The Bertz CT molecular complexity index is 1610. The molecule has 0 aliphatic carbocycles. The Balaban J connectivity index is 2.01. The van der Waals surface area contributed by atoms with Crippen LogP contribution in [0.5, 0.6) is 0 Å². The van der Waals surface area contributed by atoms with Gasteiger partial charge in [-0.25, -0.2) is 9.97 Å². The minimum absolute atomic E-state index is 0.403. The van der Waals surface area contributed by atoms with Gasteiger partial charge in [0.2, 0.25) is 0 Å². The smallest absolute Gasteiger partial charge is 0.270 e. The average molecular weight is 385 g/mol. The molecule has 0 spiro atoms. The van der Waals surface area contributed by atoms with Crippen molar-refractivity contribution in [3.63, 3.8) is 0 Å². The summed E-state index contributed by atoms with van der Waals surface area (Å²) in [6, 6.07) is 14.9. The van der Waals surface area contributed by atoms with Crippen LogP contribution >= 0.6 is 11.3 Å². The summed E-state index contributed by atoms with van der Waals surface area (Å²) in [6.45, 7) is 6.22. The van der Waals surface area contributed by atoms with Crippen molar-refractivity contribution in [2.45, 2.75) is 20.8 Å². The van der Waals surface area contributed by atoms with Crippen LogP contribution in [0.4, 0.5) is 4.39 Å². The van der Waals surface area contributed by atoms with Gasteiger partial charge in [0.15, 0.2) is 0 Å². The summed E-state index contributed by atoms with van der Waals surface area (Å²) in [4.78, 5) is 9.11. The van der Waals surface area contributed by atoms with Gasteiger partial charge in [-0.05, 0) is 60.7 Å². The van der Waals surface area contributed by atoms with E-state index >= 15 is 0 Å². The van der Waals surface area contributed by atoms with Gasteiger partial charge in [-0.3, -0.25) is 4.40 Å². The molecule has 0 saturated carbocycles. The van der Waals surface area contributed by atoms with E-state index in [1.165, 1.54) is 16.3 Å². The Morgan fingerprint density at radius 3 is 2.61 bits per heavy atom. The molecule has 28 heavy (non-hydrogen) atoms. The lowest BCUT2D eigenvalue weighted by molar-refractivity contribution is 0.620. The predicted molar refractivity (Wildman–Crippen MR) is 115 cm³/mol. The van der Waals surface area contributed by atoms with Gasteiger partial charge in [0, 0.05) is 16.5 Å². The SMILES string of the molecule is Cc1nc2c3cc4cccc(C)c4cc3c3ccc4sc(F)nc4c3n2c1C. The molecule has 5 heteroatoms. The number of benzene rings is 3. The zero-order valence-corrected chi connectivity index (χ0v) is 16.5. The van der Waals surface area contributed by atoms with Crippen LogP contribution in [-0.2, 0) is 0 Å². The molecule has 0 aliphatic heterocycles. The molecule has 0 bridgehead atoms. The Kier molecular flexibility index (Phi) is 3.00. The van der Waals surface area contributed by atoms with Crippen LogP contribution in [0.2, 0.25) is 0 Å². The molecule has 0 aliphatic rings. The van der Waals surface area contributed by atoms with Crippen LogP contribution in [-0.4, -0.2) is 14.4 Å². The van der Waals surface area contributed by atoms with E-state index in [1.54, 1.807) is 0 Å². The monoisotopic (exact) mass is 385 g/mol.